The monoisotopic (exact) mass is 449 g/mol. The molecule has 9 heteroatoms. The first-order valence-electron chi connectivity index (χ1n) is 8.59. The van der Waals surface area contributed by atoms with E-state index in [-0.39, 0.29) is 0 Å². The predicted octanol–water partition coefficient (Wildman–Crippen LogP) is 1.71. The van der Waals surface area contributed by atoms with Crippen LogP contribution in [0.25, 0.3) is 0 Å². The van der Waals surface area contributed by atoms with Crippen LogP contribution < -0.4 is 4.90 Å². The molecule has 4 atom stereocenters. The van der Waals surface area contributed by atoms with E-state index in [0.717, 1.165) is 18.7 Å². The Balaban J connectivity index is 1.75. The molecule has 0 radical (unpaired) electrons. The van der Waals surface area contributed by atoms with E-state index in [1.54, 1.807) is 36.4 Å². The van der Waals surface area contributed by atoms with Gasteiger partial charge in [-0.1, -0.05) is 28.1 Å². The van der Waals surface area contributed by atoms with Crippen molar-refractivity contribution < 1.29 is 33.4 Å². The zero-order valence-corrected chi connectivity index (χ0v) is 16.5. The zero-order chi connectivity index (χ0) is 20.2. The van der Waals surface area contributed by atoms with Gasteiger partial charge in [-0.05, 0) is 24.3 Å². The molecule has 4 rings (SSSR count). The van der Waals surface area contributed by atoms with E-state index in [1.165, 1.54) is 0 Å². The van der Waals surface area contributed by atoms with Gasteiger partial charge in [-0.25, -0.2) is 4.90 Å². The van der Waals surface area contributed by atoms with Crippen molar-refractivity contribution in [2.45, 2.75) is 31.8 Å². The first-order chi connectivity index (χ1) is 13.2. The van der Waals surface area contributed by atoms with Crippen LogP contribution in [0.15, 0.2) is 40.9 Å². The van der Waals surface area contributed by atoms with Crippen molar-refractivity contribution in [3.63, 3.8) is 0 Å². The molecule has 1 aromatic rings. The Labute approximate surface area is 168 Å². The Morgan fingerprint density at radius 3 is 2.46 bits per heavy atom. The summed E-state index contributed by atoms with van der Waals surface area (Å²) in [5.74, 6) is -4.07. The van der Waals surface area contributed by atoms with Crippen LogP contribution in [0.4, 0.5) is 5.69 Å². The molecule has 2 amide bonds. The number of nitrogens with zero attached hydrogens (tertiary/aromatic N) is 1. The lowest BCUT2D eigenvalue weighted by atomic mass is 9.76. The van der Waals surface area contributed by atoms with Gasteiger partial charge in [0, 0.05) is 18.3 Å². The summed E-state index contributed by atoms with van der Waals surface area (Å²) >= 11 is 3.33. The van der Waals surface area contributed by atoms with Gasteiger partial charge in [0.25, 0.3) is 6.29 Å². The number of fused-ring (bicyclic) bond motifs is 5. The average Bonchev–Trinajstić information content (AvgIpc) is 3.25. The smallest absolute Gasteiger partial charge is 0.305 e. The second-order valence-electron chi connectivity index (χ2n) is 6.84. The number of imide groups is 1. The number of benzene rings is 1. The predicted molar refractivity (Wildman–Crippen MR) is 97.7 cm³/mol. The van der Waals surface area contributed by atoms with Gasteiger partial charge in [0.15, 0.2) is 5.60 Å². The second kappa shape index (κ2) is 6.52. The van der Waals surface area contributed by atoms with Gasteiger partial charge in [0.2, 0.25) is 11.8 Å². The number of anilines is 1. The van der Waals surface area contributed by atoms with Crippen LogP contribution in [0.5, 0.6) is 0 Å². The van der Waals surface area contributed by atoms with E-state index >= 15 is 0 Å². The highest BCUT2D eigenvalue weighted by atomic mass is 79.9. The van der Waals surface area contributed by atoms with Crippen molar-refractivity contribution in [2.75, 3.05) is 4.90 Å². The SMILES string of the molecule is CC(=O)OC(OC(C)=O)[C@@]12C=C[C@@H](O1)[C@@H]1C(=O)N(c3cccc(Br)c3)C(=O)[C@@H]12. The number of hydrogen-bond donors (Lipinski definition) is 0. The highest BCUT2D eigenvalue weighted by molar-refractivity contribution is 9.10. The minimum atomic E-state index is -1.54. The Morgan fingerprint density at radius 1 is 1.18 bits per heavy atom. The van der Waals surface area contributed by atoms with Crippen molar-refractivity contribution in [3.8, 4) is 0 Å². The van der Waals surface area contributed by atoms with Crippen LogP contribution >= 0.6 is 15.9 Å². The fraction of sp³-hybridized carbons (Fsp3) is 0.368. The summed E-state index contributed by atoms with van der Waals surface area (Å²) in [5.41, 5.74) is -1.12. The molecule has 8 nitrogen and oxygen atoms in total. The number of ether oxygens (including phenoxy) is 3. The number of rotatable bonds is 4. The molecule has 0 aromatic heterocycles. The minimum absolute atomic E-state index is 0.409. The van der Waals surface area contributed by atoms with E-state index in [0.29, 0.717) is 10.2 Å². The third kappa shape index (κ3) is 2.68. The third-order valence-electron chi connectivity index (χ3n) is 5.06. The van der Waals surface area contributed by atoms with E-state index in [4.69, 9.17) is 14.2 Å². The van der Waals surface area contributed by atoms with Crippen LogP contribution in [-0.2, 0) is 33.4 Å². The maximum atomic E-state index is 13.3. The fourth-order valence-corrected chi connectivity index (χ4v) is 4.47. The van der Waals surface area contributed by atoms with Gasteiger partial charge in [-0.3, -0.25) is 19.2 Å². The number of carbonyl (C=O) groups excluding carboxylic acids is 4. The number of carbonyl (C=O) groups is 4. The molecule has 0 unspecified atom stereocenters. The quantitative estimate of drug-likeness (QED) is 0.298. The molecule has 0 N–H and O–H groups in total. The van der Waals surface area contributed by atoms with Crippen molar-refractivity contribution in [3.05, 3.63) is 40.9 Å². The maximum Gasteiger partial charge on any atom is 0.305 e. The van der Waals surface area contributed by atoms with E-state index < -0.39 is 53.6 Å². The van der Waals surface area contributed by atoms with Gasteiger partial charge in [-0.15, -0.1) is 0 Å². The van der Waals surface area contributed by atoms with Crippen molar-refractivity contribution in [1.29, 1.82) is 0 Å². The van der Waals surface area contributed by atoms with Crippen LogP contribution in [0, 0.1) is 11.8 Å². The molecular formula is C19H16BrNO7. The molecule has 2 fully saturated rings. The lowest BCUT2D eigenvalue weighted by molar-refractivity contribution is -0.226. The van der Waals surface area contributed by atoms with Gasteiger partial charge in [0.05, 0.1) is 23.6 Å². The number of hydrogen-bond acceptors (Lipinski definition) is 7. The van der Waals surface area contributed by atoms with Crippen LogP contribution in [-0.4, -0.2) is 41.7 Å². The summed E-state index contributed by atoms with van der Waals surface area (Å²) in [7, 11) is 0. The Morgan fingerprint density at radius 2 is 1.86 bits per heavy atom. The van der Waals surface area contributed by atoms with Crippen LogP contribution in [0.3, 0.4) is 0 Å². The molecule has 0 saturated carbocycles. The van der Waals surface area contributed by atoms with Crippen molar-refractivity contribution in [1.82, 2.24) is 0 Å². The molecule has 0 spiro atoms. The Kier molecular flexibility index (Phi) is 4.39. The molecule has 2 saturated heterocycles. The summed E-state index contributed by atoms with van der Waals surface area (Å²) in [6.45, 7) is 2.32. The summed E-state index contributed by atoms with van der Waals surface area (Å²) < 4.78 is 17.0. The van der Waals surface area contributed by atoms with E-state index in [9.17, 15) is 19.2 Å². The molecule has 2 bridgehead atoms. The average molecular weight is 450 g/mol. The zero-order valence-electron chi connectivity index (χ0n) is 15.0. The Hall–Kier alpha value is -2.52. The van der Waals surface area contributed by atoms with Crippen molar-refractivity contribution in [2.24, 2.45) is 11.8 Å². The van der Waals surface area contributed by atoms with Gasteiger partial charge < -0.3 is 14.2 Å². The fourth-order valence-electron chi connectivity index (χ4n) is 4.09. The first-order valence-corrected chi connectivity index (χ1v) is 9.39. The van der Waals surface area contributed by atoms with Crippen LogP contribution in [0.1, 0.15) is 13.8 Å². The summed E-state index contributed by atoms with van der Waals surface area (Å²) in [6, 6.07) is 6.81. The maximum absolute atomic E-state index is 13.3. The summed E-state index contributed by atoms with van der Waals surface area (Å²) in [4.78, 5) is 50.6. The largest absolute Gasteiger partial charge is 0.422 e. The molecule has 0 aliphatic carbocycles. The standard InChI is InChI=1S/C19H16BrNO7/c1-9(22)26-18(27-10(2)23)19-7-6-13(28-19)14-15(19)17(25)21(16(14)24)12-5-3-4-11(20)8-12/h3-8,13-15,18H,1-2H3/t13-,14+,15-,19+/m1/s1. The topological polar surface area (TPSA) is 99.2 Å². The highest BCUT2D eigenvalue weighted by Crippen LogP contribution is 2.54. The minimum Gasteiger partial charge on any atom is -0.422 e. The highest BCUT2D eigenvalue weighted by Gasteiger charge is 2.72. The molecule has 28 heavy (non-hydrogen) atoms. The van der Waals surface area contributed by atoms with E-state index in [2.05, 4.69) is 15.9 Å². The molecule has 3 aliphatic heterocycles. The third-order valence-corrected chi connectivity index (χ3v) is 5.55. The lowest BCUT2D eigenvalue weighted by Crippen LogP contribution is -2.52. The van der Waals surface area contributed by atoms with Crippen LogP contribution in [0.2, 0.25) is 0 Å². The second-order valence-corrected chi connectivity index (χ2v) is 7.76. The van der Waals surface area contributed by atoms with E-state index in [1.807, 2.05) is 0 Å². The summed E-state index contributed by atoms with van der Waals surface area (Å²) in [5, 5.41) is 0. The van der Waals surface area contributed by atoms with Gasteiger partial charge in [0.1, 0.15) is 0 Å². The molecule has 1 aromatic carbocycles. The van der Waals surface area contributed by atoms with Gasteiger partial charge >= 0.3 is 11.9 Å². The number of esters is 2. The molecule has 3 heterocycles. The normalized spacial score (nSPS) is 30.1. The summed E-state index contributed by atoms with van der Waals surface area (Å²) in [6.07, 6.45) is 1.03. The molecule has 3 aliphatic rings. The lowest BCUT2D eigenvalue weighted by Gasteiger charge is -2.34. The number of amides is 2. The van der Waals surface area contributed by atoms with Gasteiger partial charge in [-0.2, -0.15) is 0 Å². The number of halogens is 1. The van der Waals surface area contributed by atoms with Crippen molar-refractivity contribution >= 4 is 45.4 Å². The molecule has 146 valence electrons. The molecular weight excluding hydrogens is 434 g/mol. The Bertz CT molecular complexity index is 913. The first kappa shape index (κ1) is 18.8.